The summed E-state index contributed by atoms with van der Waals surface area (Å²) >= 11 is 0. The molecule has 0 aliphatic carbocycles. The number of ether oxygens (including phenoxy) is 2. The van der Waals surface area contributed by atoms with Gasteiger partial charge < -0.3 is 20.3 Å². The molecule has 2 aliphatic heterocycles. The van der Waals surface area contributed by atoms with Crippen molar-refractivity contribution < 1.29 is 14.6 Å². The summed E-state index contributed by atoms with van der Waals surface area (Å²) in [5, 5.41) is 9.21. The Hall–Kier alpha value is -0.160. The molecule has 0 aromatic carbocycles. The maximum Gasteiger partial charge on any atom is 0.113 e. The van der Waals surface area contributed by atoms with E-state index in [0.717, 1.165) is 0 Å². The van der Waals surface area contributed by atoms with Crippen molar-refractivity contribution in [1.82, 2.24) is 0 Å². The Labute approximate surface area is 58.9 Å². The van der Waals surface area contributed by atoms with Gasteiger partial charge in [-0.3, -0.25) is 0 Å². The highest BCUT2D eigenvalue weighted by Gasteiger charge is 2.45. The highest BCUT2D eigenvalue weighted by Crippen LogP contribution is 2.25. The smallest absolute Gasteiger partial charge is 0.113 e. The molecule has 2 saturated heterocycles. The fourth-order valence-corrected chi connectivity index (χ4v) is 1.51. The molecular weight excluding hydrogens is 134 g/mol. The van der Waals surface area contributed by atoms with Crippen molar-refractivity contribution in [3.05, 3.63) is 0 Å². The lowest BCUT2D eigenvalue weighted by atomic mass is 10.1. The van der Waals surface area contributed by atoms with Gasteiger partial charge >= 0.3 is 0 Å². The van der Waals surface area contributed by atoms with E-state index in [1.54, 1.807) is 0 Å². The van der Waals surface area contributed by atoms with E-state index in [4.69, 9.17) is 15.2 Å². The Kier molecular flexibility index (Phi) is 1.42. The summed E-state index contributed by atoms with van der Waals surface area (Å²) in [6.07, 6.45) is -0.719. The van der Waals surface area contributed by atoms with Gasteiger partial charge in [-0.2, -0.15) is 0 Å². The standard InChI is InChI=1S/C6H11NO3/c7-3-1-9-6-4(8)2-10-5(3)6/h3-6,8H,1-2,7H2/t3-,4+,5+,6+/m1/s1. The van der Waals surface area contributed by atoms with Crippen molar-refractivity contribution in [2.45, 2.75) is 24.4 Å². The Bertz CT molecular complexity index is 125. The second kappa shape index (κ2) is 2.17. The van der Waals surface area contributed by atoms with E-state index < -0.39 is 6.10 Å². The summed E-state index contributed by atoms with van der Waals surface area (Å²) in [6, 6.07) is -0.0536. The number of fused-ring (bicyclic) bond motifs is 1. The number of hydrogen-bond donors (Lipinski definition) is 2. The minimum absolute atomic E-state index is 0.0536. The SMILES string of the molecule is N[C@@H]1CO[C@@H]2[C@H]1OC[C@@H]2O. The molecule has 0 spiro atoms. The lowest BCUT2D eigenvalue weighted by Gasteiger charge is -2.10. The van der Waals surface area contributed by atoms with Gasteiger partial charge in [0.1, 0.15) is 18.3 Å². The molecule has 2 rings (SSSR count). The minimum atomic E-state index is -0.474. The third-order valence-corrected chi connectivity index (χ3v) is 2.07. The van der Waals surface area contributed by atoms with Crippen LogP contribution < -0.4 is 5.73 Å². The van der Waals surface area contributed by atoms with Crippen LogP contribution in [0, 0.1) is 0 Å². The van der Waals surface area contributed by atoms with Crippen LogP contribution in [-0.2, 0) is 9.47 Å². The highest BCUT2D eigenvalue weighted by molar-refractivity contribution is 4.95. The van der Waals surface area contributed by atoms with Crippen LogP contribution in [0.4, 0.5) is 0 Å². The zero-order chi connectivity index (χ0) is 7.14. The first-order valence-corrected chi connectivity index (χ1v) is 3.46. The number of aliphatic hydroxyl groups is 1. The molecule has 0 aromatic rings. The molecule has 0 amide bonds. The maximum absolute atomic E-state index is 9.21. The van der Waals surface area contributed by atoms with E-state index in [0.29, 0.717) is 13.2 Å². The zero-order valence-corrected chi connectivity index (χ0v) is 5.56. The number of rotatable bonds is 0. The Morgan fingerprint density at radius 3 is 2.60 bits per heavy atom. The number of hydrogen-bond acceptors (Lipinski definition) is 4. The molecule has 0 bridgehead atoms. The normalized spacial score (nSPS) is 53.4. The van der Waals surface area contributed by atoms with E-state index in [-0.39, 0.29) is 18.2 Å². The van der Waals surface area contributed by atoms with Crippen molar-refractivity contribution in [3.8, 4) is 0 Å². The summed E-state index contributed by atoms with van der Waals surface area (Å²) in [5.74, 6) is 0. The second-order valence-corrected chi connectivity index (χ2v) is 2.83. The van der Waals surface area contributed by atoms with Gasteiger partial charge in [-0.15, -0.1) is 0 Å². The average molecular weight is 145 g/mol. The summed E-state index contributed by atoms with van der Waals surface area (Å²) in [7, 11) is 0. The molecule has 58 valence electrons. The van der Waals surface area contributed by atoms with Crippen molar-refractivity contribution in [1.29, 1.82) is 0 Å². The van der Waals surface area contributed by atoms with Gasteiger partial charge in [-0.1, -0.05) is 0 Å². The lowest BCUT2D eigenvalue weighted by molar-refractivity contribution is 0.0182. The molecule has 4 atom stereocenters. The van der Waals surface area contributed by atoms with E-state index in [9.17, 15) is 5.11 Å². The summed E-state index contributed by atoms with van der Waals surface area (Å²) in [6.45, 7) is 0.870. The lowest BCUT2D eigenvalue weighted by Crippen LogP contribution is -2.36. The molecule has 10 heavy (non-hydrogen) atoms. The Morgan fingerprint density at radius 1 is 1.20 bits per heavy atom. The first-order valence-electron chi connectivity index (χ1n) is 3.46. The van der Waals surface area contributed by atoms with Crippen molar-refractivity contribution in [2.75, 3.05) is 13.2 Å². The molecule has 0 saturated carbocycles. The molecule has 2 heterocycles. The summed E-state index contributed by atoms with van der Waals surface area (Å²) in [5.41, 5.74) is 5.62. The summed E-state index contributed by atoms with van der Waals surface area (Å²) in [4.78, 5) is 0. The largest absolute Gasteiger partial charge is 0.388 e. The quantitative estimate of drug-likeness (QED) is 0.434. The van der Waals surface area contributed by atoms with Crippen LogP contribution in [0.2, 0.25) is 0 Å². The van der Waals surface area contributed by atoms with Crippen LogP contribution in [0.15, 0.2) is 0 Å². The van der Waals surface area contributed by atoms with Crippen LogP contribution in [0.3, 0.4) is 0 Å². The first-order chi connectivity index (χ1) is 4.79. The molecule has 3 N–H and O–H groups in total. The van der Waals surface area contributed by atoms with Crippen molar-refractivity contribution in [2.24, 2.45) is 5.73 Å². The topological polar surface area (TPSA) is 64.7 Å². The molecule has 0 radical (unpaired) electrons. The molecule has 4 heteroatoms. The second-order valence-electron chi connectivity index (χ2n) is 2.83. The van der Waals surface area contributed by atoms with Crippen LogP contribution in [0.25, 0.3) is 0 Å². The van der Waals surface area contributed by atoms with E-state index in [1.807, 2.05) is 0 Å². The molecule has 0 aromatic heterocycles. The van der Waals surface area contributed by atoms with Gasteiger partial charge in [0, 0.05) is 0 Å². The molecule has 2 aliphatic rings. The molecule has 4 nitrogen and oxygen atoms in total. The van der Waals surface area contributed by atoms with Gasteiger partial charge in [0.2, 0.25) is 0 Å². The Morgan fingerprint density at radius 2 is 1.90 bits per heavy atom. The van der Waals surface area contributed by atoms with Crippen molar-refractivity contribution >= 4 is 0 Å². The van der Waals surface area contributed by atoms with Crippen LogP contribution in [0.5, 0.6) is 0 Å². The summed E-state index contributed by atoms with van der Waals surface area (Å²) < 4.78 is 10.4. The first kappa shape index (κ1) is 6.54. The predicted octanol–water partition coefficient (Wildman–Crippen LogP) is -1.53. The average Bonchev–Trinajstić information content (AvgIpc) is 2.41. The van der Waals surface area contributed by atoms with E-state index >= 15 is 0 Å². The molecule has 2 fully saturated rings. The number of aliphatic hydroxyl groups excluding tert-OH is 1. The third kappa shape index (κ3) is 0.769. The van der Waals surface area contributed by atoms with E-state index in [1.165, 1.54) is 0 Å². The fraction of sp³-hybridized carbons (Fsp3) is 1.00. The number of nitrogens with two attached hydrogens (primary N) is 1. The zero-order valence-electron chi connectivity index (χ0n) is 5.56. The van der Waals surface area contributed by atoms with Crippen LogP contribution in [0.1, 0.15) is 0 Å². The van der Waals surface area contributed by atoms with Gasteiger partial charge in [0.25, 0.3) is 0 Å². The van der Waals surface area contributed by atoms with Gasteiger partial charge in [-0.25, -0.2) is 0 Å². The maximum atomic E-state index is 9.21. The molecule has 0 unspecified atom stereocenters. The van der Waals surface area contributed by atoms with Gasteiger partial charge in [-0.05, 0) is 0 Å². The Balaban J connectivity index is 2.09. The predicted molar refractivity (Wildman–Crippen MR) is 33.5 cm³/mol. The minimum Gasteiger partial charge on any atom is -0.388 e. The third-order valence-electron chi connectivity index (χ3n) is 2.07. The highest BCUT2D eigenvalue weighted by atomic mass is 16.6. The van der Waals surface area contributed by atoms with Gasteiger partial charge in [0.05, 0.1) is 19.3 Å². The van der Waals surface area contributed by atoms with E-state index in [2.05, 4.69) is 0 Å². The van der Waals surface area contributed by atoms with Crippen LogP contribution in [-0.4, -0.2) is 42.7 Å². The van der Waals surface area contributed by atoms with Crippen LogP contribution >= 0.6 is 0 Å². The van der Waals surface area contributed by atoms with Gasteiger partial charge in [0.15, 0.2) is 0 Å². The molecular formula is C6H11NO3. The monoisotopic (exact) mass is 145 g/mol. The fourth-order valence-electron chi connectivity index (χ4n) is 1.51. The van der Waals surface area contributed by atoms with Crippen molar-refractivity contribution in [3.63, 3.8) is 0 Å².